The summed E-state index contributed by atoms with van der Waals surface area (Å²) >= 11 is 0. The molecule has 0 aromatic heterocycles. The second kappa shape index (κ2) is 14.9. The molecule has 0 bridgehead atoms. The van der Waals surface area contributed by atoms with E-state index < -0.39 is 5.41 Å². The molecule has 2 aliphatic rings. The van der Waals surface area contributed by atoms with Crippen LogP contribution in [0.5, 0.6) is 0 Å². The van der Waals surface area contributed by atoms with Crippen molar-refractivity contribution < 1.29 is 0 Å². The van der Waals surface area contributed by atoms with E-state index in [1.165, 1.54) is 93.9 Å². The fraction of sp³-hybridized carbons (Fsp3) is 0.0462. The number of anilines is 3. The van der Waals surface area contributed by atoms with Gasteiger partial charge in [0.1, 0.15) is 0 Å². The van der Waals surface area contributed by atoms with E-state index in [2.05, 4.69) is 267 Å². The van der Waals surface area contributed by atoms with Gasteiger partial charge in [0.05, 0.1) is 5.41 Å². The van der Waals surface area contributed by atoms with Gasteiger partial charge in [-0.15, -0.1) is 0 Å². The fourth-order valence-electron chi connectivity index (χ4n) is 11.8. The first-order valence-corrected chi connectivity index (χ1v) is 23.1. The second-order valence-electron chi connectivity index (χ2n) is 18.1. The molecule has 0 N–H and O–H groups in total. The highest BCUT2D eigenvalue weighted by molar-refractivity contribution is 6.13. The van der Waals surface area contributed by atoms with Crippen molar-refractivity contribution in [3.8, 4) is 33.4 Å². The van der Waals surface area contributed by atoms with Gasteiger partial charge in [-0.1, -0.05) is 212 Å². The Bertz CT molecular complexity index is 3610. The molecule has 2 aliphatic carbocycles. The zero-order chi connectivity index (χ0) is 43.8. The van der Waals surface area contributed by atoms with Crippen LogP contribution in [0.1, 0.15) is 45.9 Å². The van der Waals surface area contributed by atoms with E-state index >= 15 is 0 Å². The van der Waals surface area contributed by atoms with Crippen molar-refractivity contribution in [1.82, 2.24) is 0 Å². The summed E-state index contributed by atoms with van der Waals surface area (Å²) in [5, 5.41) is 5.07. The molecule has 1 heteroatoms. The van der Waals surface area contributed by atoms with Gasteiger partial charge in [0.2, 0.25) is 0 Å². The monoisotopic (exact) mass is 839 g/mol. The van der Waals surface area contributed by atoms with Crippen LogP contribution in [0.15, 0.2) is 255 Å². The van der Waals surface area contributed by atoms with E-state index in [0.717, 1.165) is 17.1 Å². The van der Waals surface area contributed by atoms with E-state index in [1.807, 2.05) is 0 Å². The minimum atomic E-state index is -0.471. The summed E-state index contributed by atoms with van der Waals surface area (Å²) in [6.07, 6.45) is 0. The number of fused-ring (bicyclic) bond motifs is 9. The van der Waals surface area contributed by atoms with Crippen LogP contribution in [0.3, 0.4) is 0 Å². The molecule has 1 atom stereocenters. The Kier molecular flexibility index (Phi) is 8.63. The lowest BCUT2D eigenvalue weighted by atomic mass is 9.68. The molecule has 66 heavy (non-hydrogen) atoms. The lowest BCUT2D eigenvalue weighted by molar-refractivity contribution is 0.714. The van der Waals surface area contributed by atoms with Gasteiger partial charge in [0.15, 0.2) is 0 Å². The highest BCUT2D eigenvalue weighted by Crippen LogP contribution is 2.58. The van der Waals surface area contributed by atoms with Crippen molar-refractivity contribution >= 4 is 38.6 Å². The second-order valence-corrected chi connectivity index (χ2v) is 18.1. The van der Waals surface area contributed by atoms with Gasteiger partial charge >= 0.3 is 0 Å². The third-order valence-electron chi connectivity index (χ3n) is 14.8. The Labute approximate surface area is 386 Å². The first-order chi connectivity index (χ1) is 32.6. The quantitative estimate of drug-likeness (QED) is 0.145. The summed E-state index contributed by atoms with van der Waals surface area (Å²) in [5.41, 5.74) is 19.2. The molecular weight excluding hydrogens is 795 g/mol. The summed E-state index contributed by atoms with van der Waals surface area (Å²) < 4.78 is 0. The fourth-order valence-corrected chi connectivity index (χ4v) is 11.8. The van der Waals surface area contributed by atoms with Gasteiger partial charge in [-0.05, 0) is 143 Å². The van der Waals surface area contributed by atoms with E-state index in [-0.39, 0.29) is 5.41 Å². The molecule has 0 heterocycles. The molecule has 11 aromatic rings. The number of benzene rings is 11. The van der Waals surface area contributed by atoms with E-state index in [1.54, 1.807) is 0 Å². The van der Waals surface area contributed by atoms with Crippen molar-refractivity contribution in [2.45, 2.75) is 17.8 Å². The standard InChI is InChI=1S/C65H45N/c1-64(46-20-5-2-6-21-46)60-31-17-15-29-55(60)58-42-50(37-39-61(58)64)66(49-35-33-44(34-36-49)57-41-45-19-11-12-26-52(45)53-27-13-14-28-54(53)57)51-38-40-63-59(43-51)56-30-16-18-32-62(56)65(63,47-22-7-3-8-23-47)48-24-9-4-10-25-48/h2-43H,1H3. The Morgan fingerprint density at radius 2 is 0.727 bits per heavy atom. The maximum absolute atomic E-state index is 2.47. The SMILES string of the molecule is CC1(c2ccccc2)c2ccccc2-c2cc(N(c3ccc(-c4cc5ccccc5c5ccccc45)cc3)c3ccc4c(c3)-c3ccccc3C4(c3ccccc3)c3ccccc3)ccc21. The molecular formula is C65H45N. The van der Waals surface area contributed by atoms with Crippen molar-refractivity contribution in [2.24, 2.45) is 0 Å². The smallest absolute Gasteiger partial charge is 0.0713 e. The molecule has 0 amide bonds. The summed E-state index contributed by atoms with van der Waals surface area (Å²) in [5.74, 6) is 0. The van der Waals surface area contributed by atoms with Crippen LogP contribution >= 0.6 is 0 Å². The first kappa shape index (κ1) is 38.2. The molecule has 310 valence electrons. The van der Waals surface area contributed by atoms with Crippen LogP contribution in [0.25, 0.3) is 54.9 Å². The van der Waals surface area contributed by atoms with E-state index in [0.29, 0.717) is 0 Å². The zero-order valence-electron chi connectivity index (χ0n) is 36.7. The van der Waals surface area contributed by atoms with Crippen LogP contribution in [-0.4, -0.2) is 0 Å². The maximum Gasteiger partial charge on any atom is 0.0713 e. The lowest BCUT2D eigenvalue weighted by Gasteiger charge is -2.34. The van der Waals surface area contributed by atoms with Gasteiger partial charge in [0.25, 0.3) is 0 Å². The predicted molar refractivity (Wildman–Crippen MR) is 276 cm³/mol. The van der Waals surface area contributed by atoms with Gasteiger partial charge < -0.3 is 4.90 Å². The summed E-state index contributed by atoms with van der Waals surface area (Å²) in [6, 6.07) is 94.7. The van der Waals surface area contributed by atoms with Crippen molar-refractivity contribution in [2.75, 3.05) is 4.90 Å². The lowest BCUT2D eigenvalue weighted by Crippen LogP contribution is -2.28. The molecule has 0 saturated carbocycles. The number of rotatable bonds is 7. The molecule has 13 rings (SSSR count). The summed E-state index contributed by atoms with van der Waals surface area (Å²) in [6.45, 7) is 2.39. The van der Waals surface area contributed by atoms with E-state index in [9.17, 15) is 0 Å². The molecule has 1 unspecified atom stereocenters. The van der Waals surface area contributed by atoms with Crippen molar-refractivity contribution in [3.63, 3.8) is 0 Å². The number of hydrogen-bond acceptors (Lipinski definition) is 1. The van der Waals surface area contributed by atoms with Gasteiger partial charge in [0, 0.05) is 22.5 Å². The predicted octanol–water partition coefficient (Wildman–Crippen LogP) is 16.8. The van der Waals surface area contributed by atoms with Crippen LogP contribution in [0.2, 0.25) is 0 Å². The summed E-state index contributed by atoms with van der Waals surface area (Å²) in [7, 11) is 0. The molecule has 11 aromatic carbocycles. The third-order valence-corrected chi connectivity index (χ3v) is 14.8. The van der Waals surface area contributed by atoms with E-state index in [4.69, 9.17) is 0 Å². The minimum Gasteiger partial charge on any atom is -0.310 e. The van der Waals surface area contributed by atoms with Gasteiger partial charge in [-0.25, -0.2) is 0 Å². The Morgan fingerprint density at radius 3 is 1.38 bits per heavy atom. The molecule has 0 aliphatic heterocycles. The topological polar surface area (TPSA) is 3.24 Å². The Morgan fingerprint density at radius 1 is 0.288 bits per heavy atom. The normalized spacial score (nSPS) is 15.2. The molecule has 1 nitrogen and oxygen atoms in total. The number of hydrogen-bond donors (Lipinski definition) is 0. The van der Waals surface area contributed by atoms with Gasteiger partial charge in [-0.2, -0.15) is 0 Å². The zero-order valence-corrected chi connectivity index (χ0v) is 36.7. The van der Waals surface area contributed by atoms with Crippen LogP contribution in [-0.2, 0) is 10.8 Å². The number of nitrogens with zero attached hydrogens (tertiary/aromatic N) is 1. The van der Waals surface area contributed by atoms with Crippen LogP contribution < -0.4 is 4.90 Å². The molecule has 0 radical (unpaired) electrons. The maximum atomic E-state index is 2.47. The highest BCUT2D eigenvalue weighted by Gasteiger charge is 2.46. The largest absolute Gasteiger partial charge is 0.310 e. The van der Waals surface area contributed by atoms with Gasteiger partial charge in [-0.3, -0.25) is 0 Å². The first-order valence-electron chi connectivity index (χ1n) is 23.1. The minimum absolute atomic E-state index is 0.281. The van der Waals surface area contributed by atoms with Crippen LogP contribution in [0.4, 0.5) is 17.1 Å². The van der Waals surface area contributed by atoms with Crippen molar-refractivity contribution in [3.05, 3.63) is 294 Å². The summed E-state index contributed by atoms with van der Waals surface area (Å²) in [4.78, 5) is 2.47. The molecule has 0 saturated heterocycles. The average Bonchev–Trinajstić information content (AvgIpc) is 3.84. The third kappa shape index (κ3) is 5.53. The molecule has 0 fully saturated rings. The highest BCUT2D eigenvalue weighted by atomic mass is 15.1. The Hall–Kier alpha value is -8.26. The van der Waals surface area contributed by atoms with Crippen molar-refractivity contribution in [1.29, 1.82) is 0 Å². The van der Waals surface area contributed by atoms with Crippen LogP contribution in [0, 0.1) is 0 Å². The molecule has 0 spiro atoms. The Balaban J connectivity index is 1.03. The average molecular weight is 840 g/mol.